The first-order valence-corrected chi connectivity index (χ1v) is 13.0. The van der Waals surface area contributed by atoms with E-state index in [0.717, 1.165) is 18.4 Å². The fraction of sp³-hybridized carbons (Fsp3) is 0.312. The molecule has 1 aromatic rings. The molecule has 1 aromatic carbocycles. The smallest absolute Gasteiger partial charge is 0.331 e. The Labute approximate surface area is 227 Å². The number of benzene rings is 1. The maximum absolute atomic E-state index is 11.9. The Kier molecular flexibility index (Phi) is 18.6. The van der Waals surface area contributed by atoms with E-state index in [2.05, 4.69) is 42.6 Å². The van der Waals surface area contributed by atoms with Crippen molar-refractivity contribution < 1.29 is 24.2 Å². The van der Waals surface area contributed by atoms with Gasteiger partial charge in [-0.1, -0.05) is 111 Å². The Hall–Kier alpha value is -4.06. The first-order valence-electron chi connectivity index (χ1n) is 13.0. The Morgan fingerprint density at radius 1 is 0.868 bits per heavy atom. The average Bonchev–Trinajstić information content (AvgIpc) is 2.92. The van der Waals surface area contributed by atoms with Gasteiger partial charge < -0.3 is 19.9 Å². The molecule has 6 nitrogen and oxygen atoms in total. The van der Waals surface area contributed by atoms with Gasteiger partial charge in [-0.15, -0.1) is 0 Å². The molecule has 0 aliphatic heterocycles. The van der Waals surface area contributed by atoms with Crippen LogP contribution in [-0.4, -0.2) is 30.7 Å². The van der Waals surface area contributed by atoms with Crippen LogP contribution in [0.1, 0.15) is 51.0 Å². The van der Waals surface area contributed by atoms with Gasteiger partial charge in [-0.25, -0.2) is 4.79 Å². The van der Waals surface area contributed by atoms with Crippen molar-refractivity contribution in [1.29, 1.82) is 0 Å². The Morgan fingerprint density at radius 3 is 2.24 bits per heavy atom. The summed E-state index contributed by atoms with van der Waals surface area (Å²) in [6, 6.07) is 4.76. The predicted molar refractivity (Wildman–Crippen MR) is 155 cm³/mol. The number of carbonyl (C=O) groups is 2. The number of unbranched alkanes of at least 4 members (excludes halogenated alkanes) is 4. The van der Waals surface area contributed by atoms with Crippen molar-refractivity contribution in [1.82, 2.24) is 5.32 Å². The summed E-state index contributed by atoms with van der Waals surface area (Å²) in [7, 11) is 1.45. The summed E-state index contributed by atoms with van der Waals surface area (Å²) in [4.78, 5) is 23.6. The first-order chi connectivity index (χ1) is 18.6. The number of amides is 1. The molecule has 0 unspecified atom stereocenters. The molecule has 0 heterocycles. The van der Waals surface area contributed by atoms with Gasteiger partial charge in [0.25, 0.3) is 5.91 Å². The Balaban J connectivity index is 2.15. The van der Waals surface area contributed by atoms with Gasteiger partial charge in [0.05, 0.1) is 7.11 Å². The van der Waals surface area contributed by atoms with E-state index in [-0.39, 0.29) is 18.9 Å². The van der Waals surface area contributed by atoms with Gasteiger partial charge in [-0.3, -0.25) is 4.79 Å². The fourth-order valence-corrected chi connectivity index (χ4v) is 3.04. The number of hydrogen-bond donors (Lipinski definition) is 2. The van der Waals surface area contributed by atoms with Crippen LogP contribution < -0.4 is 10.1 Å². The van der Waals surface area contributed by atoms with E-state index in [1.807, 2.05) is 30.4 Å². The molecule has 204 valence electrons. The summed E-state index contributed by atoms with van der Waals surface area (Å²) in [5, 5.41) is 12.2. The first kappa shape index (κ1) is 32.0. The Bertz CT molecular complexity index is 1030. The standard InChI is InChI=1S/C32H41NO5/c1-3-4-5-6-7-8-9-10-11-12-13-14-15-16-17-18-19-20-21-22-32(36)38-27-31(35)33-26-28-23-24-29(34)30(25-28)37-2/h8-11,13-25,34H,3-7,12,26-27H2,1-2H3,(H,33,35)/b9-8?,11-10?,14-13?,16-15?,18-17?,20-19+,22-21-. The van der Waals surface area contributed by atoms with Gasteiger partial charge in [0.15, 0.2) is 18.1 Å². The van der Waals surface area contributed by atoms with Crippen LogP contribution in [0.2, 0.25) is 0 Å². The molecule has 2 N–H and O–H groups in total. The lowest BCUT2D eigenvalue weighted by Crippen LogP contribution is -2.28. The zero-order valence-electron chi connectivity index (χ0n) is 22.6. The highest BCUT2D eigenvalue weighted by Gasteiger charge is 2.07. The molecule has 0 aliphatic rings. The second-order valence-electron chi connectivity index (χ2n) is 8.27. The summed E-state index contributed by atoms with van der Waals surface area (Å²) < 4.78 is 9.94. The number of hydrogen-bond acceptors (Lipinski definition) is 5. The fourth-order valence-electron chi connectivity index (χ4n) is 3.04. The van der Waals surface area contributed by atoms with E-state index in [1.165, 1.54) is 44.9 Å². The molecule has 6 heteroatoms. The number of phenolic OH excluding ortho intramolecular Hbond substituents is 1. The number of methoxy groups -OCH3 is 1. The second-order valence-corrected chi connectivity index (χ2v) is 8.27. The van der Waals surface area contributed by atoms with Crippen molar-refractivity contribution in [3.8, 4) is 11.5 Å². The normalized spacial score (nSPS) is 12.4. The molecule has 0 saturated carbocycles. The number of allylic oxidation sites excluding steroid dienone is 13. The maximum Gasteiger partial charge on any atom is 0.331 e. The van der Waals surface area contributed by atoms with Crippen LogP contribution >= 0.6 is 0 Å². The number of esters is 1. The topological polar surface area (TPSA) is 84.9 Å². The quantitative estimate of drug-likeness (QED) is 0.0963. The lowest BCUT2D eigenvalue weighted by atomic mass is 10.1. The molecule has 0 aliphatic carbocycles. The van der Waals surface area contributed by atoms with Crippen molar-refractivity contribution in [3.05, 3.63) is 109 Å². The van der Waals surface area contributed by atoms with Crippen LogP contribution in [0.3, 0.4) is 0 Å². The number of ether oxygens (including phenoxy) is 2. The minimum absolute atomic E-state index is 0.0207. The van der Waals surface area contributed by atoms with E-state index >= 15 is 0 Å². The lowest BCUT2D eigenvalue weighted by Gasteiger charge is -2.08. The maximum atomic E-state index is 11.9. The van der Waals surface area contributed by atoms with Crippen molar-refractivity contribution in [2.75, 3.05) is 13.7 Å². The zero-order chi connectivity index (χ0) is 27.7. The van der Waals surface area contributed by atoms with Crippen molar-refractivity contribution in [2.45, 2.75) is 52.0 Å². The molecule has 0 atom stereocenters. The van der Waals surface area contributed by atoms with Gasteiger partial charge >= 0.3 is 5.97 Å². The number of rotatable bonds is 18. The van der Waals surface area contributed by atoms with Gasteiger partial charge in [-0.2, -0.15) is 0 Å². The molecule has 0 spiro atoms. The number of phenols is 1. The molecule has 0 bridgehead atoms. The third-order valence-electron chi connectivity index (χ3n) is 5.11. The molecule has 1 amide bonds. The molecule has 0 fully saturated rings. The van der Waals surface area contributed by atoms with Gasteiger partial charge in [0.1, 0.15) is 0 Å². The highest BCUT2D eigenvalue weighted by atomic mass is 16.5. The van der Waals surface area contributed by atoms with E-state index in [9.17, 15) is 14.7 Å². The summed E-state index contributed by atoms with van der Waals surface area (Å²) in [6.45, 7) is 2.06. The summed E-state index contributed by atoms with van der Waals surface area (Å²) in [6.07, 6.45) is 33.8. The van der Waals surface area contributed by atoms with E-state index in [4.69, 9.17) is 9.47 Å². The van der Waals surface area contributed by atoms with Crippen LogP contribution in [0.5, 0.6) is 11.5 Å². The van der Waals surface area contributed by atoms with Crippen LogP contribution in [0.25, 0.3) is 0 Å². The predicted octanol–water partition coefficient (Wildman–Crippen LogP) is 6.81. The van der Waals surface area contributed by atoms with Crippen LogP contribution in [-0.2, 0) is 20.9 Å². The van der Waals surface area contributed by atoms with E-state index in [0.29, 0.717) is 5.75 Å². The summed E-state index contributed by atoms with van der Waals surface area (Å²) >= 11 is 0. The van der Waals surface area contributed by atoms with Crippen LogP contribution in [0, 0.1) is 0 Å². The van der Waals surface area contributed by atoms with Gasteiger partial charge in [0, 0.05) is 12.6 Å². The largest absolute Gasteiger partial charge is 0.504 e. The molecule has 38 heavy (non-hydrogen) atoms. The second kappa shape index (κ2) is 22.2. The van der Waals surface area contributed by atoms with Crippen LogP contribution in [0.15, 0.2) is 103 Å². The van der Waals surface area contributed by atoms with Crippen LogP contribution in [0.4, 0.5) is 0 Å². The molecular weight excluding hydrogens is 478 g/mol. The molecule has 1 rings (SSSR count). The summed E-state index contributed by atoms with van der Waals surface area (Å²) in [5.41, 5.74) is 0.743. The monoisotopic (exact) mass is 519 g/mol. The van der Waals surface area contributed by atoms with Crippen molar-refractivity contribution >= 4 is 11.9 Å². The molecule has 0 saturated heterocycles. The van der Waals surface area contributed by atoms with Crippen molar-refractivity contribution in [2.24, 2.45) is 0 Å². The molecule has 0 aromatic heterocycles. The van der Waals surface area contributed by atoms with Gasteiger partial charge in [-0.05, 0) is 37.0 Å². The SMILES string of the molecule is CCCCCCC=CC=CCC=CC=CC=C/C=C/C=C\C(=O)OCC(=O)NCc1ccc(O)c(OC)c1. The molecule has 0 radical (unpaired) electrons. The Morgan fingerprint density at radius 2 is 1.53 bits per heavy atom. The number of aromatic hydroxyl groups is 1. The highest BCUT2D eigenvalue weighted by molar-refractivity contribution is 5.85. The minimum atomic E-state index is -0.610. The third kappa shape index (κ3) is 17.4. The average molecular weight is 520 g/mol. The zero-order valence-corrected chi connectivity index (χ0v) is 22.6. The van der Waals surface area contributed by atoms with Gasteiger partial charge in [0.2, 0.25) is 0 Å². The van der Waals surface area contributed by atoms with Crippen molar-refractivity contribution in [3.63, 3.8) is 0 Å². The number of carbonyl (C=O) groups excluding carboxylic acids is 2. The van der Waals surface area contributed by atoms with E-state index in [1.54, 1.807) is 30.4 Å². The third-order valence-corrected chi connectivity index (χ3v) is 5.11. The number of nitrogens with one attached hydrogen (secondary N) is 1. The highest BCUT2D eigenvalue weighted by Crippen LogP contribution is 2.26. The molecular formula is C32H41NO5. The van der Waals surface area contributed by atoms with E-state index < -0.39 is 11.9 Å². The lowest BCUT2D eigenvalue weighted by molar-refractivity contribution is -0.143. The minimum Gasteiger partial charge on any atom is -0.504 e. The summed E-state index contributed by atoms with van der Waals surface area (Å²) in [5.74, 6) is -0.701.